The molecule has 0 spiro atoms. The zero-order chi connectivity index (χ0) is 14.7. The van der Waals surface area contributed by atoms with E-state index in [9.17, 15) is 8.78 Å². The summed E-state index contributed by atoms with van der Waals surface area (Å²) in [5.74, 6) is 0.863. The van der Waals surface area contributed by atoms with Crippen LogP contribution in [0.4, 0.5) is 8.78 Å². The molecular weight excluding hydrogens is 256 g/mol. The van der Waals surface area contributed by atoms with Gasteiger partial charge in [-0.15, -0.1) is 0 Å². The first-order chi connectivity index (χ1) is 9.47. The lowest BCUT2D eigenvalue weighted by atomic mass is 9.83. The zero-order valence-corrected chi connectivity index (χ0v) is 12.7. The average molecular weight is 281 g/mol. The molecule has 1 aliphatic rings. The Balaban J connectivity index is 1.92. The van der Waals surface area contributed by atoms with Gasteiger partial charge in [0.05, 0.1) is 0 Å². The summed E-state index contributed by atoms with van der Waals surface area (Å²) in [5.41, 5.74) is 0.789. The number of nitrogens with one attached hydrogen (secondary N) is 1. The number of rotatable bonds is 4. The van der Waals surface area contributed by atoms with Crippen molar-refractivity contribution in [3.63, 3.8) is 0 Å². The van der Waals surface area contributed by atoms with Crippen LogP contribution in [0, 0.1) is 30.4 Å². The molecule has 0 saturated heterocycles. The summed E-state index contributed by atoms with van der Waals surface area (Å²) in [7, 11) is 0. The first-order valence-electron chi connectivity index (χ1n) is 7.66. The van der Waals surface area contributed by atoms with Crippen LogP contribution < -0.4 is 5.32 Å². The summed E-state index contributed by atoms with van der Waals surface area (Å²) in [6.45, 7) is 6.68. The van der Waals surface area contributed by atoms with Crippen molar-refractivity contribution in [2.45, 2.75) is 52.5 Å². The molecule has 2 rings (SSSR count). The predicted molar refractivity (Wildman–Crippen MR) is 78.6 cm³/mol. The highest BCUT2D eigenvalue weighted by Gasteiger charge is 2.20. The molecule has 112 valence electrons. The maximum atomic E-state index is 13.9. The summed E-state index contributed by atoms with van der Waals surface area (Å²) < 4.78 is 27.5. The van der Waals surface area contributed by atoms with Crippen LogP contribution in [0.2, 0.25) is 0 Å². The highest BCUT2D eigenvalue weighted by Crippen LogP contribution is 2.28. The Labute approximate surface area is 120 Å². The lowest BCUT2D eigenvalue weighted by Gasteiger charge is -2.27. The van der Waals surface area contributed by atoms with E-state index in [0.29, 0.717) is 17.0 Å². The van der Waals surface area contributed by atoms with Crippen LogP contribution in [-0.4, -0.2) is 6.54 Å². The van der Waals surface area contributed by atoms with Gasteiger partial charge in [-0.3, -0.25) is 0 Å². The number of halogens is 2. The SMILES string of the molecule is Cc1cc(F)c(C(C)NCC2CCC(C)CC2)cc1F. The van der Waals surface area contributed by atoms with Crippen LogP contribution in [0.1, 0.15) is 56.7 Å². The van der Waals surface area contributed by atoms with Gasteiger partial charge in [0.2, 0.25) is 0 Å². The lowest BCUT2D eigenvalue weighted by molar-refractivity contribution is 0.275. The van der Waals surface area contributed by atoms with Crippen molar-refractivity contribution in [3.05, 3.63) is 34.9 Å². The Morgan fingerprint density at radius 1 is 1.15 bits per heavy atom. The molecule has 0 bridgehead atoms. The smallest absolute Gasteiger partial charge is 0.128 e. The topological polar surface area (TPSA) is 12.0 Å². The highest BCUT2D eigenvalue weighted by molar-refractivity contribution is 5.27. The van der Waals surface area contributed by atoms with E-state index in [1.54, 1.807) is 6.92 Å². The largest absolute Gasteiger partial charge is 0.310 e. The third kappa shape index (κ3) is 3.78. The fraction of sp³-hybridized carbons (Fsp3) is 0.647. The molecule has 0 aromatic heterocycles. The van der Waals surface area contributed by atoms with Gasteiger partial charge in [-0.25, -0.2) is 8.78 Å². The van der Waals surface area contributed by atoms with Gasteiger partial charge >= 0.3 is 0 Å². The lowest BCUT2D eigenvalue weighted by Crippen LogP contribution is -2.28. The molecule has 1 aliphatic carbocycles. The third-order valence-corrected chi connectivity index (χ3v) is 4.59. The fourth-order valence-corrected chi connectivity index (χ4v) is 2.98. The predicted octanol–water partition coefficient (Wildman–Crippen LogP) is 4.75. The molecule has 1 atom stereocenters. The number of hydrogen-bond acceptors (Lipinski definition) is 1. The van der Waals surface area contributed by atoms with E-state index < -0.39 is 0 Å². The Bertz CT molecular complexity index is 451. The van der Waals surface area contributed by atoms with E-state index in [4.69, 9.17) is 0 Å². The van der Waals surface area contributed by atoms with Gasteiger partial charge in [0.15, 0.2) is 0 Å². The van der Waals surface area contributed by atoms with E-state index in [2.05, 4.69) is 12.2 Å². The standard InChI is InChI=1S/C17H25F2N/c1-11-4-6-14(7-5-11)10-20-13(3)15-9-16(18)12(2)8-17(15)19/h8-9,11,13-14,20H,4-7,10H2,1-3H3. The van der Waals surface area contributed by atoms with Gasteiger partial charge in [0, 0.05) is 11.6 Å². The highest BCUT2D eigenvalue weighted by atomic mass is 19.1. The summed E-state index contributed by atoms with van der Waals surface area (Å²) in [5, 5.41) is 3.36. The molecule has 1 aromatic carbocycles. The van der Waals surface area contributed by atoms with Crippen LogP contribution >= 0.6 is 0 Å². The molecule has 1 unspecified atom stereocenters. The minimum absolute atomic E-state index is 0.149. The van der Waals surface area contributed by atoms with Gasteiger partial charge in [-0.1, -0.05) is 19.8 Å². The Kier molecular flexibility index (Phi) is 5.14. The van der Waals surface area contributed by atoms with Crippen molar-refractivity contribution >= 4 is 0 Å². The number of hydrogen-bond donors (Lipinski definition) is 1. The van der Waals surface area contributed by atoms with Crippen LogP contribution in [0.25, 0.3) is 0 Å². The molecule has 0 aliphatic heterocycles. The molecule has 20 heavy (non-hydrogen) atoms. The van der Waals surface area contributed by atoms with Crippen molar-refractivity contribution in [1.82, 2.24) is 5.32 Å². The van der Waals surface area contributed by atoms with Gasteiger partial charge in [0.1, 0.15) is 11.6 Å². The quantitative estimate of drug-likeness (QED) is 0.839. The Hall–Kier alpha value is -0.960. The summed E-state index contributed by atoms with van der Waals surface area (Å²) >= 11 is 0. The minimum Gasteiger partial charge on any atom is -0.310 e. The van der Waals surface area contributed by atoms with Crippen LogP contribution in [0.15, 0.2) is 12.1 Å². The van der Waals surface area contributed by atoms with Crippen LogP contribution in [-0.2, 0) is 0 Å². The van der Waals surface area contributed by atoms with Crippen molar-refractivity contribution < 1.29 is 8.78 Å². The van der Waals surface area contributed by atoms with E-state index in [0.717, 1.165) is 12.5 Å². The van der Waals surface area contributed by atoms with Gasteiger partial charge in [0.25, 0.3) is 0 Å². The Morgan fingerprint density at radius 3 is 2.45 bits per heavy atom. The molecular formula is C17H25F2N. The maximum Gasteiger partial charge on any atom is 0.128 e. The molecule has 0 heterocycles. The van der Waals surface area contributed by atoms with E-state index in [1.165, 1.54) is 37.8 Å². The van der Waals surface area contributed by atoms with Crippen molar-refractivity contribution in [3.8, 4) is 0 Å². The second kappa shape index (κ2) is 6.66. The molecule has 1 saturated carbocycles. The first kappa shape index (κ1) is 15.4. The van der Waals surface area contributed by atoms with Crippen LogP contribution in [0.3, 0.4) is 0 Å². The maximum absolute atomic E-state index is 13.9. The zero-order valence-electron chi connectivity index (χ0n) is 12.7. The molecule has 1 nitrogen and oxygen atoms in total. The number of benzene rings is 1. The molecule has 1 N–H and O–H groups in total. The summed E-state index contributed by atoms with van der Waals surface area (Å²) in [4.78, 5) is 0. The number of aryl methyl sites for hydroxylation is 1. The van der Waals surface area contributed by atoms with Crippen molar-refractivity contribution in [2.75, 3.05) is 6.54 Å². The van der Waals surface area contributed by atoms with Gasteiger partial charge in [-0.05, 0) is 62.8 Å². The molecule has 0 radical (unpaired) electrons. The molecule has 3 heteroatoms. The van der Waals surface area contributed by atoms with Crippen molar-refractivity contribution in [1.29, 1.82) is 0 Å². The molecule has 1 aromatic rings. The fourth-order valence-electron chi connectivity index (χ4n) is 2.98. The van der Waals surface area contributed by atoms with Crippen LogP contribution in [0.5, 0.6) is 0 Å². The monoisotopic (exact) mass is 281 g/mol. The average Bonchev–Trinajstić information content (AvgIpc) is 2.42. The van der Waals surface area contributed by atoms with E-state index in [1.807, 2.05) is 6.92 Å². The summed E-state index contributed by atoms with van der Waals surface area (Å²) in [6, 6.07) is 2.46. The third-order valence-electron chi connectivity index (χ3n) is 4.59. The van der Waals surface area contributed by atoms with E-state index >= 15 is 0 Å². The van der Waals surface area contributed by atoms with Crippen molar-refractivity contribution in [2.24, 2.45) is 11.8 Å². The second-order valence-electron chi connectivity index (χ2n) is 6.38. The molecule has 0 amide bonds. The second-order valence-corrected chi connectivity index (χ2v) is 6.38. The van der Waals surface area contributed by atoms with Gasteiger partial charge < -0.3 is 5.32 Å². The van der Waals surface area contributed by atoms with E-state index in [-0.39, 0.29) is 17.7 Å². The molecule has 1 fully saturated rings. The summed E-state index contributed by atoms with van der Waals surface area (Å²) in [6.07, 6.45) is 5.06. The Morgan fingerprint density at radius 2 is 1.80 bits per heavy atom. The van der Waals surface area contributed by atoms with Gasteiger partial charge in [-0.2, -0.15) is 0 Å². The normalized spacial score (nSPS) is 24.6. The first-order valence-corrected chi connectivity index (χ1v) is 7.66. The minimum atomic E-state index is -0.332.